The molecule has 1 amide bonds. The lowest BCUT2D eigenvalue weighted by atomic mass is 9.80. The predicted molar refractivity (Wildman–Crippen MR) is 72.6 cm³/mol. The topological polar surface area (TPSA) is 32.3 Å². The molecule has 4 unspecified atom stereocenters. The number of nitrogens with one attached hydrogen (secondary N) is 1. The molecule has 0 aromatic heterocycles. The molecule has 0 spiro atoms. The summed E-state index contributed by atoms with van der Waals surface area (Å²) in [5, 5.41) is 3.50. The van der Waals surface area contributed by atoms with Crippen molar-refractivity contribution in [3.63, 3.8) is 0 Å². The van der Waals surface area contributed by atoms with Crippen molar-refractivity contribution in [3.8, 4) is 0 Å². The number of hydrogen-bond acceptors (Lipinski definition) is 2. The molecule has 0 aromatic rings. The van der Waals surface area contributed by atoms with Crippen LogP contribution in [-0.4, -0.2) is 42.2 Å². The first-order valence-electron chi connectivity index (χ1n) is 8.05. The SMILES string of the molecule is O=C(C1CCCC(C(F)(F)F)C1)N1CCC2CCC(C1)N2. The Balaban J connectivity index is 1.62. The van der Waals surface area contributed by atoms with Gasteiger partial charge in [0.15, 0.2) is 0 Å². The second-order valence-corrected chi connectivity index (χ2v) is 6.81. The molecule has 4 atom stereocenters. The molecular weight excluding hydrogens is 281 g/mol. The van der Waals surface area contributed by atoms with Crippen LogP contribution >= 0.6 is 0 Å². The van der Waals surface area contributed by atoms with Crippen LogP contribution in [0.3, 0.4) is 0 Å². The molecule has 3 aliphatic rings. The van der Waals surface area contributed by atoms with Gasteiger partial charge in [0.2, 0.25) is 5.91 Å². The molecule has 120 valence electrons. The standard InChI is InChI=1S/C15H23F3N2O/c16-15(17,18)11-3-1-2-10(8-11)14(21)20-7-6-12-4-5-13(9-20)19-12/h10-13,19H,1-9H2. The molecule has 2 aliphatic heterocycles. The number of rotatable bonds is 1. The van der Waals surface area contributed by atoms with Crippen molar-refractivity contribution in [2.24, 2.45) is 11.8 Å². The Labute approximate surface area is 123 Å². The number of carbonyl (C=O) groups is 1. The summed E-state index contributed by atoms with van der Waals surface area (Å²) in [6, 6.07) is 0.825. The van der Waals surface area contributed by atoms with E-state index in [4.69, 9.17) is 0 Å². The third-order valence-electron chi connectivity index (χ3n) is 5.32. The number of likely N-dealkylation sites (tertiary alicyclic amines) is 1. The number of hydrogen-bond donors (Lipinski definition) is 1. The smallest absolute Gasteiger partial charge is 0.341 e. The minimum absolute atomic E-state index is 0.0135. The predicted octanol–water partition coefficient (Wildman–Crippen LogP) is 2.71. The second kappa shape index (κ2) is 5.78. The van der Waals surface area contributed by atoms with Crippen LogP contribution in [-0.2, 0) is 4.79 Å². The van der Waals surface area contributed by atoms with Gasteiger partial charge in [0.05, 0.1) is 5.92 Å². The van der Waals surface area contributed by atoms with Gasteiger partial charge in [0, 0.05) is 31.1 Å². The fraction of sp³-hybridized carbons (Fsp3) is 0.933. The molecule has 2 saturated heterocycles. The van der Waals surface area contributed by atoms with Gasteiger partial charge in [-0.25, -0.2) is 0 Å². The third kappa shape index (κ3) is 3.35. The van der Waals surface area contributed by atoms with E-state index < -0.39 is 18.0 Å². The zero-order valence-electron chi connectivity index (χ0n) is 12.2. The first-order valence-corrected chi connectivity index (χ1v) is 8.05. The van der Waals surface area contributed by atoms with Crippen molar-refractivity contribution in [3.05, 3.63) is 0 Å². The maximum atomic E-state index is 12.9. The van der Waals surface area contributed by atoms with Crippen molar-refractivity contribution >= 4 is 5.91 Å². The van der Waals surface area contributed by atoms with E-state index in [1.165, 1.54) is 0 Å². The van der Waals surface area contributed by atoms with E-state index in [1.807, 2.05) is 4.90 Å². The third-order valence-corrected chi connectivity index (χ3v) is 5.32. The molecule has 0 radical (unpaired) electrons. The van der Waals surface area contributed by atoms with Crippen LogP contribution in [0.5, 0.6) is 0 Å². The van der Waals surface area contributed by atoms with Crippen LogP contribution in [0.15, 0.2) is 0 Å². The van der Waals surface area contributed by atoms with Gasteiger partial charge < -0.3 is 10.2 Å². The van der Waals surface area contributed by atoms with Gasteiger partial charge in [-0.1, -0.05) is 6.42 Å². The maximum absolute atomic E-state index is 12.9. The van der Waals surface area contributed by atoms with Crippen molar-refractivity contribution < 1.29 is 18.0 Å². The molecule has 3 rings (SSSR count). The summed E-state index contributed by atoms with van der Waals surface area (Å²) < 4.78 is 38.6. The van der Waals surface area contributed by atoms with E-state index in [9.17, 15) is 18.0 Å². The molecule has 1 N–H and O–H groups in total. The Morgan fingerprint density at radius 3 is 2.57 bits per heavy atom. The van der Waals surface area contributed by atoms with E-state index in [-0.39, 0.29) is 18.7 Å². The molecular formula is C15H23F3N2O. The van der Waals surface area contributed by atoms with Crippen LogP contribution in [0.25, 0.3) is 0 Å². The maximum Gasteiger partial charge on any atom is 0.391 e. The molecule has 0 aromatic carbocycles. The summed E-state index contributed by atoms with van der Waals surface area (Å²) in [7, 11) is 0. The lowest BCUT2D eigenvalue weighted by molar-refractivity contribution is -0.187. The fourth-order valence-corrected chi connectivity index (χ4v) is 4.11. The first-order chi connectivity index (χ1) is 9.93. The number of carbonyl (C=O) groups excluding carboxylic acids is 1. The highest BCUT2D eigenvalue weighted by Crippen LogP contribution is 2.40. The van der Waals surface area contributed by atoms with Crippen LogP contribution in [0.1, 0.15) is 44.9 Å². The normalized spacial score (nSPS) is 37.4. The summed E-state index contributed by atoms with van der Waals surface area (Å²) in [5.74, 6) is -1.76. The number of amides is 1. The summed E-state index contributed by atoms with van der Waals surface area (Å²) in [6.07, 6.45) is 0.300. The van der Waals surface area contributed by atoms with E-state index in [0.29, 0.717) is 38.0 Å². The average molecular weight is 304 g/mol. The average Bonchev–Trinajstić information content (AvgIpc) is 2.77. The van der Waals surface area contributed by atoms with Gasteiger partial charge in [0.25, 0.3) is 0 Å². The van der Waals surface area contributed by atoms with Gasteiger partial charge in [-0.2, -0.15) is 13.2 Å². The van der Waals surface area contributed by atoms with Gasteiger partial charge in [-0.15, -0.1) is 0 Å². The molecule has 1 saturated carbocycles. The van der Waals surface area contributed by atoms with E-state index in [0.717, 1.165) is 19.3 Å². The van der Waals surface area contributed by atoms with Gasteiger partial charge in [0.1, 0.15) is 0 Å². The Kier molecular flexibility index (Phi) is 4.17. The van der Waals surface area contributed by atoms with E-state index in [2.05, 4.69) is 5.32 Å². The summed E-state index contributed by atoms with van der Waals surface area (Å²) in [5.41, 5.74) is 0. The largest absolute Gasteiger partial charge is 0.391 e. The van der Waals surface area contributed by atoms with E-state index in [1.54, 1.807) is 0 Å². The molecule has 1 aliphatic carbocycles. The number of halogens is 3. The molecule has 21 heavy (non-hydrogen) atoms. The van der Waals surface area contributed by atoms with Crippen LogP contribution in [0, 0.1) is 11.8 Å². The quantitative estimate of drug-likeness (QED) is 0.808. The van der Waals surface area contributed by atoms with Crippen molar-refractivity contribution in [2.45, 2.75) is 63.2 Å². The fourth-order valence-electron chi connectivity index (χ4n) is 4.11. The second-order valence-electron chi connectivity index (χ2n) is 6.81. The summed E-state index contributed by atoms with van der Waals surface area (Å²) in [6.45, 7) is 1.36. The minimum Gasteiger partial charge on any atom is -0.341 e. The van der Waals surface area contributed by atoms with Gasteiger partial charge in [-0.3, -0.25) is 4.79 Å². The zero-order chi connectivity index (χ0) is 15.0. The highest BCUT2D eigenvalue weighted by molar-refractivity contribution is 5.79. The van der Waals surface area contributed by atoms with Crippen molar-refractivity contribution in [1.82, 2.24) is 10.2 Å². The molecule has 3 nitrogen and oxygen atoms in total. The Hall–Kier alpha value is -0.780. The lowest BCUT2D eigenvalue weighted by Crippen LogP contribution is -2.44. The summed E-state index contributed by atoms with van der Waals surface area (Å²) in [4.78, 5) is 14.4. The van der Waals surface area contributed by atoms with Crippen LogP contribution in [0.2, 0.25) is 0 Å². The number of alkyl halides is 3. The Bertz CT molecular complexity index is 399. The van der Waals surface area contributed by atoms with Crippen molar-refractivity contribution in [2.75, 3.05) is 13.1 Å². The lowest BCUT2D eigenvalue weighted by Gasteiger charge is -2.34. The molecule has 2 heterocycles. The van der Waals surface area contributed by atoms with E-state index >= 15 is 0 Å². The zero-order valence-corrected chi connectivity index (χ0v) is 12.2. The molecule has 6 heteroatoms. The first kappa shape index (κ1) is 15.1. The number of nitrogens with zero attached hydrogens (tertiary/aromatic N) is 1. The van der Waals surface area contributed by atoms with Gasteiger partial charge in [-0.05, 0) is 38.5 Å². The Morgan fingerprint density at radius 1 is 1.05 bits per heavy atom. The molecule has 3 fully saturated rings. The summed E-state index contributed by atoms with van der Waals surface area (Å²) >= 11 is 0. The Morgan fingerprint density at radius 2 is 1.81 bits per heavy atom. The monoisotopic (exact) mass is 304 g/mol. The highest BCUT2D eigenvalue weighted by Gasteiger charge is 2.44. The minimum atomic E-state index is -4.15. The van der Waals surface area contributed by atoms with Gasteiger partial charge >= 0.3 is 6.18 Å². The van der Waals surface area contributed by atoms with Crippen LogP contribution in [0.4, 0.5) is 13.2 Å². The van der Waals surface area contributed by atoms with Crippen molar-refractivity contribution in [1.29, 1.82) is 0 Å². The highest BCUT2D eigenvalue weighted by atomic mass is 19.4. The number of fused-ring (bicyclic) bond motifs is 2. The molecule has 2 bridgehead atoms. The van der Waals surface area contributed by atoms with Crippen LogP contribution < -0.4 is 5.32 Å².